The Morgan fingerprint density at radius 3 is 2.35 bits per heavy atom. The van der Waals surface area contributed by atoms with Gasteiger partial charge in [-0.25, -0.2) is 0 Å². The fraction of sp³-hybridized carbons (Fsp3) is 0.190. The maximum Gasteiger partial charge on any atom is 0.224 e. The van der Waals surface area contributed by atoms with Gasteiger partial charge in [0.15, 0.2) is 0 Å². The Bertz CT molecular complexity index is 800. The van der Waals surface area contributed by atoms with Crippen molar-refractivity contribution in [3.05, 3.63) is 83.4 Å². The monoisotopic (exact) mass is 303 g/mol. The summed E-state index contributed by atoms with van der Waals surface area (Å²) in [4.78, 5) is 12.2. The third kappa shape index (κ3) is 3.78. The highest BCUT2D eigenvalue weighted by molar-refractivity contribution is 5.86. The van der Waals surface area contributed by atoms with Crippen LogP contribution in [0.15, 0.2) is 66.7 Å². The SMILES string of the molecule is CCc1ccc(CC(=O)NCc2cccc3ccccc23)cc1. The largest absolute Gasteiger partial charge is 0.352 e. The van der Waals surface area contributed by atoms with Crippen LogP contribution >= 0.6 is 0 Å². The van der Waals surface area contributed by atoms with Gasteiger partial charge in [-0.15, -0.1) is 0 Å². The van der Waals surface area contributed by atoms with E-state index in [-0.39, 0.29) is 5.91 Å². The average Bonchev–Trinajstić information content (AvgIpc) is 2.60. The first kappa shape index (κ1) is 15.3. The number of nitrogens with one attached hydrogen (secondary N) is 1. The van der Waals surface area contributed by atoms with Crippen molar-refractivity contribution in [2.75, 3.05) is 0 Å². The number of aryl methyl sites for hydroxylation is 1. The van der Waals surface area contributed by atoms with E-state index in [1.807, 2.05) is 30.3 Å². The predicted octanol–water partition coefficient (Wildman–Crippen LogP) is 4.26. The molecule has 116 valence electrons. The quantitative estimate of drug-likeness (QED) is 0.749. The molecule has 2 heteroatoms. The van der Waals surface area contributed by atoms with Crippen molar-refractivity contribution in [1.29, 1.82) is 0 Å². The van der Waals surface area contributed by atoms with Gasteiger partial charge in [0.25, 0.3) is 0 Å². The lowest BCUT2D eigenvalue weighted by Crippen LogP contribution is -2.24. The van der Waals surface area contributed by atoms with Crippen molar-refractivity contribution in [1.82, 2.24) is 5.32 Å². The van der Waals surface area contributed by atoms with Crippen LogP contribution in [0.3, 0.4) is 0 Å². The van der Waals surface area contributed by atoms with E-state index in [1.54, 1.807) is 0 Å². The van der Waals surface area contributed by atoms with Crippen molar-refractivity contribution in [3.63, 3.8) is 0 Å². The van der Waals surface area contributed by atoms with Gasteiger partial charge in [-0.1, -0.05) is 73.7 Å². The molecular weight excluding hydrogens is 282 g/mol. The molecular formula is C21H21NO. The lowest BCUT2D eigenvalue weighted by atomic mass is 10.0. The summed E-state index contributed by atoms with van der Waals surface area (Å²) < 4.78 is 0. The summed E-state index contributed by atoms with van der Waals surface area (Å²) in [5, 5.41) is 5.43. The number of carbonyl (C=O) groups excluding carboxylic acids is 1. The molecule has 1 amide bonds. The van der Waals surface area contributed by atoms with Crippen LogP contribution in [-0.2, 0) is 24.2 Å². The first-order chi connectivity index (χ1) is 11.3. The van der Waals surface area contributed by atoms with E-state index in [9.17, 15) is 4.79 Å². The summed E-state index contributed by atoms with van der Waals surface area (Å²) >= 11 is 0. The van der Waals surface area contributed by atoms with Crippen LogP contribution in [0.2, 0.25) is 0 Å². The first-order valence-corrected chi connectivity index (χ1v) is 8.07. The molecule has 0 radical (unpaired) electrons. The van der Waals surface area contributed by atoms with Crippen molar-refractivity contribution in [2.45, 2.75) is 26.3 Å². The molecule has 3 aromatic carbocycles. The van der Waals surface area contributed by atoms with E-state index in [0.29, 0.717) is 13.0 Å². The third-order valence-corrected chi connectivity index (χ3v) is 4.15. The zero-order chi connectivity index (χ0) is 16.1. The predicted molar refractivity (Wildman–Crippen MR) is 95.3 cm³/mol. The summed E-state index contributed by atoms with van der Waals surface area (Å²) in [5.74, 6) is 0.0576. The van der Waals surface area contributed by atoms with Gasteiger partial charge in [-0.05, 0) is 33.9 Å². The molecule has 3 aromatic rings. The first-order valence-electron chi connectivity index (χ1n) is 8.07. The molecule has 0 aliphatic carbocycles. The summed E-state index contributed by atoms with van der Waals surface area (Å²) in [6.45, 7) is 2.69. The van der Waals surface area contributed by atoms with Gasteiger partial charge in [0.2, 0.25) is 5.91 Å². The molecule has 0 fully saturated rings. The van der Waals surface area contributed by atoms with Crippen LogP contribution in [0.5, 0.6) is 0 Å². The second kappa shape index (κ2) is 7.10. The van der Waals surface area contributed by atoms with E-state index in [4.69, 9.17) is 0 Å². The molecule has 0 atom stereocenters. The van der Waals surface area contributed by atoms with Crippen LogP contribution in [0.25, 0.3) is 10.8 Å². The number of amides is 1. The van der Waals surface area contributed by atoms with Gasteiger partial charge in [-0.3, -0.25) is 4.79 Å². The average molecular weight is 303 g/mol. The summed E-state index contributed by atoms with van der Waals surface area (Å²) in [5.41, 5.74) is 3.50. The second-order valence-corrected chi connectivity index (χ2v) is 5.76. The van der Waals surface area contributed by atoms with Gasteiger partial charge in [0.05, 0.1) is 6.42 Å². The molecule has 1 N–H and O–H groups in total. The zero-order valence-corrected chi connectivity index (χ0v) is 13.4. The number of benzene rings is 3. The van der Waals surface area contributed by atoms with E-state index in [2.05, 4.69) is 48.6 Å². The third-order valence-electron chi connectivity index (χ3n) is 4.15. The highest BCUT2D eigenvalue weighted by Crippen LogP contribution is 2.18. The lowest BCUT2D eigenvalue weighted by molar-refractivity contribution is -0.120. The Labute approximate surface area is 137 Å². The van der Waals surface area contributed by atoms with Crippen molar-refractivity contribution >= 4 is 16.7 Å². The minimum absolute atomic E-state index is 0.0576. The smallest absolute Gasteiger partial charge is 0.224 e. The van der Waals surface area contributed by atoms with Gasteiger partial charge in [0, 0.05) is 6.54 Å². The van der Waals surface area contributed by atoms with Gasteiger partial charge >= 0.3 is 0 Å². The normalized spacial score (nSPS) is 10.7. The molecule has 0 spiro atoms. The summed E-state index contributed by atoms with van der Waals surface area (Å²) in [7, 11) is 0. The van der Waals surface area contributed by atoms with Crippen molar-refractivity contribution in [3.8, 4) is 0 Å². The molecule has 0 unspecified atom stereocenters. The highest BCUT2D eigenvalue weighted by atomic mass is 16.1. The number of rotatable bonds is 5. The molecule has 0 aliphatic heterocycles. The number of hydrogen-bond acceptors (Lipinski definition) is 1. The van der Waals surface area contributed by atoms with Crippen LogP contribution in [0, 0.1) is 0 Å². The van der Waals surface area contributed by atoms with Gasteiger partial charge < -0.3 is 5.32 Å². The fourth-order valence-corrected chi connectivity index (χ4v) is 2.78. The van der Waals surface area contributed by atoms with Crippen LogP contribution in [0.1, 0.15) is 23.6 Å². The Hall–Kier alpha value is -2.61. The topological polar surface area (TPSA) is 29.1 Å². The van der Waals surface area contributed by atoms with Crippen LogP contribution < -0.4 is 5.32 Å². The van der Waals surface area contributed by atoms with E-state index in [0.717, 1.165) is 17.5 Å². The maximum atomic E-state index is 12.2. The number of carbonyl (C=O) groups is 1. The molecule has 0 bridgehead atoms. The molecule has 2 nitrogen and oxygen atoms in total. The van der Waals surface area contributed by atoms with E-state index < -0.39 is 0 Å². The molecule has 3 rings (SSSR count). The van der Waals surface area contributed by atoms with E-state index in [1.165, 1.54) is 16.3 Å². The number of hydrogen-bond donors (Lipinski definition) is 1. The molecule has 0 saturated carbocycles. The molecule has 0 aromatic heterocycles. The Morgan fingerprint density at radius 1 is 0.870 bits per heavy atom. The van der Waals surface area contributed by atoms with Crippen LogP contribution in [0.4, 0.5) is 0 Å². The van der Waals surface area contributed by atoms with Crippen LogP contribution in [-0.4, -0.2) is 5.91 Å². The van der Waals surface area contributed by atoms with Gasteiger partial charge in [-0.2, -0.15) is 0 Å². The summed E-state index contributed by atoms with van der Waals surface area (Å²) in [6.07, 6.45) is 1.45. The van der Waals surface area contributed by atoms with E-state index >= 15 is 0 Å². The van der Waals surface area contributed by atoms with Gasteiger partial charge in [0.1, 0.15) is 0 Å². The Kier molecular flexibility index (Phi) is 4.72. The number of fused-ring (bicyclic) bond motifs is 1. The molecule has 0 heterocycles. The second-order valence-electron chi connectivity index (χ2n) is 5.76. The standard InChI is InChI=1S/C21H21NO/c1-2-16-10-12-17(13-11-16)14-21(23)22-15-19-8-5-7-18-6-3-4-9-20(18)19/h3-13H,2,14-15H2,1H3,(H,22,23). The maximum absolute atomic E-state index is 12.2. The molecule has 0 saturated heterocycles. The Balaban J connectivity index is 1.63. The zero-order valence-electron chi connectivity index (χ0n) is 13.4. The fourth-order valence-electron chi connectivity index (χ4n) is 2.78. The Morgan fingerprint density at radius 2 is 1.57 bits per heavy atom. The van der Waals surface area contributed by atoms with Crippen molar-refractivity contribution < 1.29 is 4.79 Å². The molecule has 23 heavy (non-hydrogen) atoms. The minimum atomic E-state index is 0.0576. The summed E-state index contributed by atoms with van der Waals surface area (Å²) in [6, 6.07) is 22.7. The molecule has 0 aliphatic rings. The van der Waals surface area contributed by atoms with Crippen molar-refractivity contribution in [2.24, 2.45) is 0 Å². The minimum Gasteiger partial charge on any atom is -0.352 e. The lowest BCUT2D eigenvalue weighted by Gasteiger charge is -2.09. The highest BCUT2D eigenvalue weighted by Gasteiger charge is 2.05.